The van der Waals surface area contributed by atoms with Gasteiger partial charge in [0.05, 0.1) is 4.90 Å². The van der Waals surface area contributed by atoms with Crippen LogP contribution in [0.2, 0.25) is 0 Å². The molecule has 0 bridgehead atoms. The fourth-order valence-corrected chi connectivity index (χ4v) is 8.09. The first kappa shape index (κ1) is 14.8. The Morgan fingerprint density at radius 1 is 1.10 bits per heavy atom. The number of ketones is 1. The van der Waals surface area contributed by atoms with Gasteiger partial charge in [0, 0.05) is 6.42 Å². The first-order valence-electron chi connectivity index (χ1n) is 7.44. The van der Waals surface area contributed by atoms with Crippen LogP contribution in [0, 0.1) is 32.1 Å². The number of benzene rings is 1. The lowest BCUT2D eigenvalue weighted by Gasteiger charge is -2.21. The molecule has 0 spiro atoms. The number of carbonyl (C=O) groups is 1. The minimum absolute atomic E-state index is 0.0254. The summed E-state index contributed by atoms with van der Waals surface area (Å²) in [5.41, 5.74) is 2.11. The third-order valence-corrected chi connectivity index (χ3v) is 8.67. The third kappa shape index (κ3) is 1.49. The van der Waals surface area contributed by atoms with E-state index < -0.39 is 20.0 Å². The van der Waals surface area contributed by atoms with Gasteiger partial charge < -0.3 is 0 Å². The maximum atomic E-state index is 13.4. The molecule has 0 heterocycles. The number of fused-ring (bicyclic) bond motifs is 1. The van der Waals surface area contributed by atoms with Crippen LogP contribution in [-0.2, 0) is 14.6 Å². The molecular weight excluding hydrogens is 284 g/mol. The smallest absolute Gasteiger partial charge is 0.192 e. The van der Waals surface area contributed by atoms with Crippen molar-refractivity contribution in [1.29, 1.82) is 0 Å². The Balaban J connectivity index is 2.27. The van der Waals surface area contributed by atoms with Crippen LogP contribution in [-0.4, -0.2) is 18.9 Å². The van der Waals surface area contributed by atoms with Gasteiger partial charge in [0.1, 0.15) is 4.75 Å². The quantitative estimate of drug-likeness (QED) is 0.843. The normalized spacial score (nSPS) is 30.3. The Morgan fingerprint density at radius 2 is 1.62 bits per heavy atom. The zero-order valence-corrected chi connectivity index (χ0v) is 14.1. The highest BCUT2D eigenvalue weighted by molar-refractivity contribution is 7.94. The van der Waals surface area contributed by atoms with Gasteiger partial charge in [-0.05, 0) is 49.7 Å². The number of rotatable bonds is 2. The van der Waals surface area contributed by atoms with Gasteiger partial charge in [-0.25, -0.2) is 8.42 Å². The standard InChI is InChI=1S/C17H22O3S/c1-10-8-11(2)15(12(3)9-10)21(19,20)17-13(16(17,4)5)6-7-14(17)18/h8-9,13H,6-7H2,1-5H3/t13-,17-/m0/s1. The highest BCUT2D eigenvalue weighted by Crippen LogP contribution is 2.73. The van der Waals surface area contributed by atoms with Crippen LogP contribution in [0.15, 0.2) is 17.0 Å². The maximum absolute atomic E-state index is 13.4. The van der Waals surface area contributed by atoms with Crippen LogP contribution in [0.25, 0.3) is 0 Å². The summed E-state index contributed by atoms with van der Waals surface area (Å²) < 4.78 is 25.5. The summed E-state index contributed by atoms with van der Waals surface area (Å²) in [6.07, 6.45) is 1.10. The van der Waals surface area contributed by atoms with E-state index in [0.717, 1.165) is 16.7 Å². The molecule has 0 unspecified atom stereocenters. The van der Waals surface area contributed by atoms with Gasteiger partial charge in [-0.1, -0.05) is 31.5 Å². The Kier molecular flexibility index (Phi) is 2.79. The molecule has 0 amide bonds. The number of carbonyl (C=O) groups excluding carboxylic acids is 1. The maximum Gasteiger partial charge on any atom is 0.192 e. The molecule has 1 aromatic carbocycles. The van der Waals surface area contributed by atoms with E-state index in [-0.39, 0.29) is 11.7 Å². The van der Waals surface area contributed by atoms with Gasteiger partial charge in [-0.15, -0.1) is 0 Å². The zero-order valence-electron chi connectivity index (χ0n) is 13.3. The first-order valence-corrected chi connectivity index (χ1v) is 8.92. The minimum atomic E-state index is -3.65. The van der Waals surface area contributed by atoms with Crippen molar-refractivity contribution in [2.75, 3.05) is 0 Å². The molecule has 0 aliphatic heterocycles. The molecule has 2 aliphatic rings. The van der Waals surface area contributed by atoms with Crippen LogP contribution in [0.5, 0.6) is 0 Å². The summed E-state index contributed by atoms with van der Waals surface area (Å²) in [4.78, 5) is 12.9. The first-order chi connectivity index (χ1) is 9.58. The highest BCUT2D eigenvalue weighted by Gasteiger charge is 2.84. The average molecular weight is 306 g/mol. The zero-order chi connectivity index (χ0) is 15.8. The molecule has 0 N–H and O–H groups in total. The molecule has 2 aliphatic carbocycles. The van der Waals surface area contributed by atoms with E-state index in [2.05, 4.69) is 0 Å². The summed E-state index contributed by atoms with van der Waals surface area (Å²) in [5, 5.41) is 0. The van der Waals surface area contributed by atoms with Crippen molar-refractivity contribution in [1.82, 2.24) is 0 Å². The summed E-state index contributed by atoms with van der Waals surface area (Å²) in [6, 6.07) is 3.78. The number of Topliss-reactive ketones (excluding diaryl/α,β-unsaturated/α-hetero) is 1. The Bertz CT molecular complexity index is 735. The summed E-state index contributed by atoms with van der Waals surface area (Å²) in [5.74, 6) is -0.112. The molecular formula is C17H22O3S. The lowest BCUT2D eigenvalue weighted by molar-refractivity contribution is -0.119. The predicted molar refractivity (Wildman–Crippen MR) is 82.1 cm³/mol. The summed E-state index contributed by atoms with van der Waals surface area (Å²) in [7, 11) is -3.65. The van der Waals surface area contributed by atoms with E-state index >= 15 is 0 Å². The number of hydrogen-bond donors (Lipinski definition) is 0. The van der Waals surface area contributed by atoms with E-state index in [0.29, 0.717) is 17.7 Å². The minimum Gasteiger partial charge on any atom is -0.298 e. The van der Waals surface area contributed by atoms with E-state index in [1.165, 1.54) is 0 Å². The molecule has 21 heavy (non-hydrogen) atoms. The molecule has 2 saturated carbocycles. The van der Waals surface area contributed by atoms with Crippen molar-refractivity contribution >= 4 is 15.6 Å². The molecule has 0 aromatic heterocycles. The lowest BCUT2D eigenvalue weighted by Crippen LogP contribution is -2.36. The average Bonchev–Trinajstić information content (AvgIpc) is 2.61. The Morgan fingerprint density at radius 3 is 2.05 bits per heavy atom. The molecule has 4 heteroatoms. The van der Waals surface area contributed by atoms with Crippen molar-refractivity contribution in [3.05, 3.63) is 28.8 Å². The molecule has 0 saturated heterocycles. The summed E-state index contributed by atoms with van der Waals surface area (Å²) in [6.45, 7) is 9.45. The third-order valence-electron chi connectivity index (χ3n) is 5.61. The van der Waals surface area contributed by atoms with Gasteiger partial charge in [0.25, 0.3) is 0 Å². The monoisotopic (exact) mass is 306 g/mol. The van der Waals surface area contributed by atoms with Crippen molar-refractivity contribution in [3.63, 3.8) is 0 Å². The van der Waals surface area contributed by atoms with E-state index in [1.54, 1.807) is 0 Å². The van der Waals surface area contributed by atoms with Crippen LogP contribution in [0.3, 0.4) is 0 Å². The SMILES string of the molecule is Cc1cc(C)c(S(=O)(=O)[C@]23C(=O)CC[C@H]2C3(C)C)c(C)c1. The second-order valence-corrected chi connectivity index (χ2v) is 9.26. The molecule has 0 radical (unpaired) electrons. The van der Waals surface area contributed by atoms with Gasteiger partial charge in [0.15, 0.2) is 15.6 Å². The molecule has 2 fully saturated rings. The van der Waals surface area contributed by atoms with Crippen LogP contribution >= 0.6 is 0 Å². The topological polar surface area (TPSA) is 51.2 Å². The number of hydrogen-bond acceptors (Lipinski definition) is 3. The molecule has 2 atom stereocenters. The van der Waals surface area contributed by atoms with Crippen LogP contribution in [0.1, 0.15) is 43.4 Å². The van der Waals surface area contributed by atoms with Gasteiger partial charge >= 0.3 is 0 Å². The summed E-state index contributed by atoms with van der Waals surface area (Å²) >= 11 is 0. The van der Waals surface area contributed by atoms with E-state index in [1.807, 2.05) is 46.8 Å². The Hall–Kier alpha value is -1.16. The fraction of sp³-hybridized carbons (Fsp3) is 0.588. The second-order valence-electron chi connectivity index (χ2n) is 7.20. The van der Waals surface area contributed by atoms with Crippen molar-refractivity contribution in [2.45, 2.75) is 57.1 Å². The predicted octanol–water partition coefficient (Wildman–Crippen LogP) is 3.14. The van der Waals surface area contributed by atoms with Crippen molar-refractivity contribution < 1.29 is 13.2 Å². The molecule has 1 aromatic rings. The van der Waals surface area contributed by atoms with Gasteiger partial charge in [-0.3, -0.25) is 4.79 Å². The second kappa shape index (κ2) is 3.97. The van der Waals surface area contributed by atoms with Gasteiger partial charge in [-0.2, -0.15) is 0 Å². The van der Waals surface area contributed by atoms with Crippen molar-refractivity contribution in [3.8, 4) is 0 Å². The van der Waals surface area contributed by atoms with Crippen LogP contribution < -0.4 is 0 Å². The number of aryl methyl sites for hydroxylation is 3. The fourth-order valence-electron chi connectivity index (χ4n) is 4.84. The Labute approximate surface area is 126 Å². The van der Waals surface area contributed by atoms with Crippen molar-refractivity contribution in [2.24, 2.45) is 11.3 Å². The van der Waals surface area contributed by atoms with Crippen LogP contribution in [0.4, 0.5) is 0 Å². The highest BCUT2D eigenvalue weighted by atomic mass is 32.2. The molecule has 3 nitrogen and oxygen atoms in total. The van der Waals surface area contributed by atoms with Gasteiger partial charge in [0.2, 0.25) is 0 Å². The van der Waals surface area contributed by atoms with E-state index in [9.17, 15) is 13.2 Å². The van der Waals surface area contributed by atoms with E-state index in [4.69, 9.17) is 0 Å². The lowest BCUT2D eigenvalue weighted by atomic mass is 10.00. The molecule has 114 valence electrons. The molecule has 3 rings (SSSR count). The number of sulfone groups is 1. The largest absolute Gasteiger partial charge is 0.298 e.